The fourth-order valence-electron chi connectivity index (χ4n) is 2.06. The molecular weight excluding hydrogens is 467 g/mol. The Bertz CT molecular complexity index is 572. The molecule has 0 radical (unpaired) electrons. The molecular formula is C13H23IN4O2S3. The molecule has 132 valence electrons. The Morgan fingerprint density at radius 1 is 1.39 bits per heavy atom. The zero-order valence-electron chi connectivity index (χ0n) is 12.8. The van der Waals surface area contributed by atoms with Crippen LogP contribution in [0.25, 0.3) is 0 Å². The normalized spacial score (nSPS) is 16.8. The van der Waals surface area contributed by atoms with Crippen molar-refractivity contribution in [3.8, 4) is 0 Å². The van der Waals surface area contributed by atoms with Crippen LogP contribution in [0, 0.1) is 0 Å². The lowest BCUT2D eigenvalue weighted by Crippen LogP contribution is -2.40. The van der Waals surface area contributed by atoms with Gasteiger partial charge in [-0.25, -0.2) is 12.7 Å². The quantitative estimate of drug-likeness (QED) is 0.341. The molecule has 1 aromatic heterocycles. The van der Waals surface area contributed by atoms with Crippen molar-refractivity contribution in [1.29, 1.82) is 0 Å². The monoisotopic (exact) mass is 490 g/mol. The van der Waals surface area contributed by atoms with Crippen molar-refractivity contribution >= 4 is 63.1 Å². The smallest absolute Gasteiger partial charge is 0.215 e. The van der Waals surface area contributed by atoms with Crippen molar-refractivity contribution in [2.45, 2.75) is 6.42 Å². The van der Waals surface area contributed by atoms with E-state index in [9.17, 15) is 8.42 Å². The number of guanidine groups is 1. The van der Waals surface area contributed by atoms with E-state index < -0.39 is 10.0 Å². The van der Waals surface area contributed by atoms with Gasteiger partial charge in [-0.3, -0.25) is 4.99 Å². The lowest BCUT2D eigenvalue weighted by molar-refractivity contribution is 0.444. The largest absolute Gasteiger partial charge is 0.370 e. The molecule has 0 atom stereocenters. The minimum absolute atomic E-state index is 0. The van der Waals surface area contributed by atoms with Crippen LogP contribution < -0.4 is 11.1 Å². The van der Waals surface area contributed by atoms with E-state index >= 15 is 0 Å². The molecule has 0 aliphatic carbocycles. The number of aliphatic imine (C=N–C) groups is 1. The van der Waals surface area contributed by atoms with E-state index in [0.717, 1.165) is 17.9 Å². The molecule has 1 fully saturated rings. The molecule has 0 saturated carbocycles. The molecule has 23 heavy (non-hydrogen) atoms. The number of hydrogen-bond acceptors (Lipinski definition) is 5. The highest BCUT2D eigenvalue weighted by Gasteiger charge is 2.23. The van der Waals surface area contributed by atoms with E-state index in [0.29, 0.717) is 25.6 Å². The second-order valence-corrected chi connectivity index (χ2v) is 9.20. The van der Waals surface area contributed by atoms with Crippen LogP contribution in [-0.2, 0) is 16.4 Å². The average molecular weight is 490 g/mol. The van der Waals surface area contributed by atoms with Crippen LogP contribution in [0.4, 0.5) is 0 Å². The lowest BCUT2D eigenvalue weighted by atomic mass is 10.3. The van der Waals surface area contributed by atoms with E-state index in [-0.39, 0.29) is 36.3 Å². The fourth-order valence-corrected chi connectivity index (χ4v) is 5.22. The van der Waals surface area contributed by atoms with Gasteiger partial charge in [0, 0.05) is 36.0 Å². The Morgan fingerprint density at radius 2 is 2.13 bits per heavy atom. The minimum atomic E-state index is -3.20. The summed E-state index contributed by atoms with van der Waals surface area (Å²) in [6.07, 6.45) is 0.887. The number of rotatable bonds is 7. The van der Waals surface area contributed by atoms with Crippen LogP contribution in [0.1, 0.15) is 4.88 Å². The van der Waals surface area contributed by atoms with Gasteiger partial charge in [-0.2, -0.15) is 11.8 Å². The first kappa shape index (κ1) is 21.0. The Balaban J connectivity index is 0.00000264. The summed E-state index contributed by atoms with van der Waals surface area (Å²) in [5, 5.41) is 5.05. The van der Waals surface area contributed by atoms with Gasteiger partial charge in [0.25, 0.3) is 0 Å². The topological polar surface area (TPSA) is 87.8 Å². The molecule has 1 aliphatic heterocycles. The number of halogens is 1. The van der Waals surface area contributed by atoms with Gasteiger partial charge in [0.05, 0.1) is 12.3 Å². The number of nitrogens with two attached hydrogens (primary N) is 1. The maximum absolute atomic E-state index is 12.1. The maximum atomic E-state index is 12.1. The number of nitrogens with one attached hydrogen (secondary N) is 1. The fraction of sp³-hybridized carbons (Fsp3) is 0.615. The van der Waals surface area contributed by atoms with Crippen LogP contribution in [-0.4, -0.2) is 62.1 Å². The minimum Gasteiger partial charge on any atom is -0.370 e. The first-order valence-electron chi connectivity index (χ1n) is 7.20. The summed E-state index contributed by atoms with van der Waals surface area (Å²) in [5.74, 6) is 2.07. The predicted octanol–water partition coefficient (Wildman–Crippen LogP) is 1.19. The average Bonchev–Trinajstić information content (AvgIpc) is 3.01. The van der Waals surface area contributed by atoms with Gasteiger partial charge in [-0.1, -0.05) is 6.07 Å². The molecule has 1 aliphatic rings. The van der Waals surface area contributed by atoms with Crippen molar-refractivity contribution in [3.05, 3.63) is 22.4 Å². The summed E-state index contributed by atoms with van der Waals surface area (Å²) in [4.78, 5) is 5.38. The van der Waals surface area contributed by atoms with Crippen molar-refractivity contribution in [2.24, 2.45) is 10.7 Å². The molecule has 10 heteroatoms. The molecule has 2 heterocycles. The number of thiophene rings is 1. The van der Waals surface area contributed by atoms with E-state index in [4.69, 9.17) is 5.73 Å². The first-order chi connectivity index (χ1) is 10.6. The Kier molecular flexibility index (Phi) is 9.82. The number of hydrogen-bond donors (Lipinski definition) is 2. The van der Waals surface area contributed by atoms with Gasteiger partial charge in [0.1, 0.15) is 0 Å². The summed E-state index contributed by atoms with van der Waals surface area (Å²) >= 11 is 3.49. The molecule has 2 rings (SSSR count). The third-order valence-electron chi connectivity index (χ3n) is 3.25. The van der Waals surface area contributed by atoms with Crippen LogP contribution in [0.2, 0.25) is 0 Å². The lowest BCUT2D eigenvalue weighted by Gasteiger charge is -2.25. The number of thioether (sulfide) groups is 1. The third kappa shape index (κ3) is 7.59. The van der Waals surface area contributed by atoms with Crippen molar-refractivity contribution in [3.63, 3.8) is 0 Å². The number of nitrogens with zero attached hydrogens (tertiary/aromatic N) is 2. The standard InChI is InChI=1S/C13H22N4O2S3.HI/c14-13(15-4-3-12-2-1-8-21-12)16-5-11-22(18,19)17-6-9-20-10-7-17;/h1-2,8H,3-7,9-11H2,(H3,14,15,16);1H. The van der Waals surface area contributed by atoms with Crippen molar-refractivity contribution in [2.75, 3.05) is 43.4 Å². The number of sulfonamides is 1. The molecule has 0 amide bonds. The van der Waals surface area contributed by atoms with E-state index in [2.05, 4.69) is 16.4 Å². The zero-order valence-corrected chi connectivity index (χ0v) is 17.6. The van der Waals surface area contributed by atoms with Crippen LogP contribution in [0.3, 0.4) is 0 Å². The van der Waals surface area contributed by atoms with Crippen LogP contribution >= 0.6 is 47.1 Å². The second-order valence-electron chi connectivity index (χ2n) is 4.85. The first-order valence-corrected chi connectivity index (χ1v) is 10.8. The van der Waals surface area contributed by atoms with Gasteiger partial charge in [0.15, 0.2) is 5.96 Å². The maximum Gasteiger partial charge on any atom is 0.215 e. The molecule has 3 N–H and O–H groups in total. The van der Waals surface area contributed by atoms with Gasteiger partial charge in [-0.15, -0.1) is 35.3 Å². The highest BCUT2D eigenvalue weighted by Crippen LogP contribution is 2.13. The highest BCUT2D eigenvalue weighted by atomic mass is 127. The molecule has 1 saturated heterocycles. The Morgan fingerprint density at radius 3 is 2.78 bits per heavy atom. The molecule has 6 nitrogen and oxygen atoms in total. The summed E-state index contributed by atoms with van der Waals surface area (Å²) in [6, 6.07) is 4.09. The van der Waals surface area contributed by atoms with E-state index in [1.54, 1.807) is 27.4 Å². The Hall–Kier alpha value is -0.0400. The molecule has 0 aromatic carbocycles. The summed E-state index contributed by atoms with van der Waals surface area (Å²) in [7, 11) is -3.20. The van der Waals surface area contributed by atoms with Crippen molar-refractivity contribution < 1.29 is 8.42 Å². The van der Waals surface area contributed by atoms with E-state index in [1.165, 1.54) is 4.88 Å². The molecule has 1 aromatic rings. The zero-order chi connectivity index (χ0) is 15.8. The van der Waals surface area contributed by atoms with Crippen molar-refractivity contribution in [1.82, 2.24) is 9.62 Å². The third-order valence-corrected chi connectivity index (χ3v) is 6.98. The molecule has 0 bridgehead atoms. The predicted molar refractivity (Wildman–Crippen MR) is 111 cm³/mol. The van der Waals surface area contributed by atoms with Gasteiger partial charge in [0.2, 0.25) is 10.0 Å². The summed E-state index contributed by atoms with van der Waals surface area (Å²) in [5.41, 5.74) is 5.75. The van der Waals surface area contributed by atoms with Crippen LogP contribution in [0.15, 0.2) is 22.5 Å². The van der Waals surface area contributed by atoms with Crippen LogP contribution in [0.5, 0.6) is 0 Å². The Labute approximate surface area is 163 Å². The second kappa shape index (κ2) is 10.7. The van der Waals surface area contributed by atoms with Gasteiger partial charge >= 0.3 is 0 Å². The summed E-state index contributed by atoms with van der Waals surface area (Å²) < 4.78 is 25.8. The SMILES string of the molecule is I.NC(=NCCS(=O)(=O)N1CCSCC1)NCCc1cccs1. The molecule has 0 spiro atoms. The van der Waals surface area contributed by atoms with E-state index in [1.807, 2.05) is 11.4 Å². The summed E-state index contributed by atoms with van der Waals surface area (Å²) in [6.45, 7) is 2.10. The van der Waals surface area contributed by atoms with Gasteiger partial charge < -0.3 is 11.1 Å². The van der Waals surface area contributed by atoms with Gasteiger partial charge in [-0.05, 0) is 17.9 Å². The highest BCUT2D eigenvalue weighted by molar-refractivity contribution is 14.0. The molecule has 0 unspecified atom stereocenters.